The zero-order chi connectivity index (χ0) is 81.4. The van der Waals surface area contributed by atoms with Crippen molar-refractivity contribution in [1.29, 1.82) is 0 Å². The molecule has 58 heteroatoms. The summed E-state index contributed by atoms with van der Waals surface area (Å²) >= 11 is 0. The molecule has 18 rings (SSSR count). The molecule has 0 unspecified atom stereocenters. The predicted molar refractivity (Wildman–Crippen MR) is 418 cm³/mol. The second-order valence-corrected chi connectivity index (χ2v) is 22.3. The Morgan fingerprint density at radius 3 is 0.575 bits per heavy atom. The number of benzene rings is 6. The van der Waals surface area contributed by atoms with Crippen LogP contribution in [0, 0.1) is 0 Å². The molecule has 0 aliphatic carbocycles. The van der Waals surface area contributed by atoms with Crippen molar-refractivity contribution in [1.82, 2.24) is 151 Å². The van der Waals surface area contributed by atoms with E-state index >= 15 is 0 Å². The van der Waals surface area contributed by atoms with E-state index in [0.717, 1.165) is 13.8 Å². The first-order valence-electron chi connectivity index (χ1n) is 33.3. The molecule has 0 saturated carbocycles. The molecule has 50 nitrogen and oxygen atoms in total. The average Bonchev–Trinajstić information content (AvgIpc) is 1.76. The van der Waals surface area contributed by atoms with Crippen molar-refractivity contribution < 1.29 is 242 Å². The Labute approximate surface area is 840 Å². The van der Waals surface area contributed by atoms with Crippen molar-refractivity contribution in [3.05, 3.63) is 257 Å². The van der Waals surface area contributed by atoms with Crippen LogP contribution >= 0.6 is 0 Å². The minimum atomic E-state index is -1.08. The minimum absolute atomic E-state index is 0. The van der Waals surface area contributed by atoms with Gasteiger partial charge in [0.1, 0.15) is 28.5 Å². The molecular formula is C76H64Mn8N30O20+4. The number of aromatic nitrogens is 30. The summed E-state index contributed by atoms with van der Waals surface area (Å²) in [5, 5.41) is 134. The summed E-state index contributed by atoms with van der Waals surface area (Å²) in [4.78, 5) is 90.9. The molecule has 0 saturated heterocycles. The van der Waals surface area contributed by atoms with E-state index in [9.17, 15) is 30.6 Å². The smallest absolute Gasteiger partial charge is 2.00 e. The number of carbonyl (C=O) groups is 2. The van der Waals surface area contributed by atoms with Crippen LogP contribution < -0.4 is 71.3 Å². The third-order valence-corrected chi connectivity index (χ3v) is 14.2. The molecule has 0 atom stereocenters. The van der Waals surface area contributed by atoms with E-state index in [2.05, 4.69) is 151 Å². The van der Waals surface area contributed by atoms with Gasteiger partial charge in [0.05, 0.1) is 72.0 Å². The van der Waals surface area contributed by atoms with Crippen LogP contribution in [0.2, 0.25) is 0 Å². The molecule has 12 aromatic heterocycles. The number of carboxylic acid groups (broad SMARTS) is 2. The Bertz CT molecular complexity index is 5220. The van der Waals surface area contributed by atoms with Crippen LogP contribution in [-0.4, -0.2) is 154 Å². The SMILES string of the molecule is CC(=O)[O-].CC(=O)[O-].[Mn+2].[Mn+2].[Mn+3].[Mn+3].[Mn+3].[Mn+3].[Mn+3].[Mn+3].[O-2].[O-2].[O-]c1ccccc1-c1nc(-c2cnccn2)n[n-]1.[O-]c1ccccc1-c1nc(-c2cnccn2)n[n-]1.[O-]c1ccccc1-c1nc(-c2cnccn2)n[n-]1.[O-]c1ccccc1-c1nc(-c2cnccn2)n[n-]1.[O-]c1ccccc1-c1nc(-c2cnccn2)n[n-]1.[O-]c1ccccc1-c1nnc(-c2cnccn2)[n-]1.[OH-].[OH-].[OH-].[OH-].[OH3+].[OH3+].[OH3+].[OH3+]. The van der Waals surface area contributed by atoms with Crippen molar-refractivity contribution in [3.8, 4) is 172 Å². The van der Waals surface area contributed by atoms with E-state index < -0.39 is 11.9 Å². The molecule has 18 aromatic rings. The van der Waals surface area contributed by atoms with Crippen molar-refractivity contribution in [2.45, 2.75) is 13.8 Å². The number of aliphatic carboxylic acids is 2. The fraction of sp³-hybridized carbons (Fsp3) is 0.0263. The van der Waals surface area contributed by atoms with Gasteiger partial charge in [-0.25, -0.2) is 0 Å². The van der Waals surface area contributed by atoms with Crippen molar-refractivity contribution in [2.75, 3.05) is 0 Å². The quantitative estimate of drug-likeness (QED) is 0.0852. The molecule has 0 aliphatic heterocycles. The molecule has 0 spiro atoms. The van der Waals surface area contributed by atoms with Crippen molar-refractivity contribution >= 4 is 11.9 Å². The van der Waals surface area contributed by atoms with Gasteiger partial charge in [-0.2, -0.15) is 0 Å². The number of para-hydroxylation sites is 6. The normalized spacial score (nSPS) is 8.79. The maximum absolute atomic E-state index is 11.6. The second kappa shape index (κ2) is 70.0. The van der Waals surface area contributed by atoms with E-state index in [1.807, 2.05) is 0 Å². The Morgan fingerprint density at radius 1 is 0.254 bits per heavy atom. The maximum atomic E-state index is 11.6. The minimum Gasteiger partial charge on any atom is -2.00 e. The van der Waals surface area contributed by atoms with Crippen molar-refractivity contribution in [3.63, 3.8) is 0 Å². The third kappa shape index (κ3) is 39.7. The van der Waals surface area contributed by atoms with Gasteiger partial charge in [-0.15, -0.1) is 34.5 Å². The number of rotatable bonds is 12. The fourth-order valence-electron chi connectivity index (χ4n) is 9.17. The molecule has 0 fully saturated rings. The first kappa shape index (κ1) is 136. The monoisotopic (exact) mass is 2160 g/mol. The summed E-state index contributed by atoms with van der Waals surface area (Å²) < 4.78 is 0. The molecule has 0 aliphatic rings. The third-order valence-electron chi connectivity index (χ3n) is 14.2. The number of nitrogens with zero attached hydrogens (tertiary/aromatic N) is 30. The summed E-state index contributed by atoms with van der Waals surface area (Å²) in [6.45, 7) is 1.94. The van der Waals surface area contributed by atoms with E-state index in [1.165, 1.54) is 36.4 Å². The molecule has 12 heterocycles. The number of hydrogen-bond acceptors (Lipinski definition) is 38. The van der Waals surface area contributed by atoms with E-state index in [4.69, 9.17) is 19.8 Å². The first-order chi connectivity index (χ1) is 56.5. The Kier molecular flexibility index (Phi) is 70.8. The standard InChI is InChI=1S/6C12H8N5O.2C2H4O2.8Mn.8H2O.2O/c6*18-10-4-2-1-3-8(10)11-15-12(17-16-11)9-7-13-5-6-14-9;2*1-2(3)4;;;;;;;;;;;;;;;;;;/h6*1-7H,(H-,13,14,15,16,17,18);2*1H3,(H,3,4);;;;;;;;;8*1H2;;/q6*-1;;;2*+2;6*+3;;;;;;;;;2*-2/p-8. The molecule has 2 radical (unpaired) electrons. The molecule has 16 N–H and O–H groups in total. The van der Waals surface area contributed by atoms with Gasteiger partial charge in [0.2, 0.25) is 0 Å². The predicted octanol–water partition coefficient (Wildman–Crippen LogP) is -3.35. The van der Waals surface area contributed by atoms with Gasteiger partial charge in [-0.3, -0.25) is 85.3 Å². The Hall–Kier alpha value is -13.9. The molecule has 690 valence electrons. The summed E-state index contributed by atoms with van der Waals surface area (Å²) in [6, 6.07) is 39.4. The van der Waals surface area contributed by atoms with Crippen LogP contribution in [0.5, 0.6) is 34.5 Å². The maximum Gasteiger partial charge on any atom is 3.00 e. The average molecular weight is 2160 g/mol. The first-order valence-corrected chi connectivity index (χ1v) is 33.3. The summed E-state index contributed by atoms with van der Waals surface area (Å²) in [5.41, 5.74) is 5.75. The van der Waals surface area contributed by atoms with Crippen LogP contribution in [0.15, 0.2) is 257 Å². The van der Waals surface area contributed by atoms with Gasteiger partial charge in [0, 0.05) is 97.9 Å². The van der Waals surface area contributed by atoms with Gasteiger partial charge in [0.15, 0.2) is 0 Å². The Balaban J connectivity index is -0.000000227. The van der Waals surface area contributed by atoms with Gasteiger partial charge in [-0.1, -0.05) is 146 Å². The summed E-state index contributed by atoms with van der Waals surface area (Å²) in [6.07, 6.45) is 27.9. The van der Waals surface area contributed by atoms with Crippen LogP contribution in [0.4, 0.5) is 0 Å². The van der Waals surface area contributed by atoms with Crippen LogP contribution in [0.1, 0.15) is 13.8 Å². The van der Waals surface area contributed by atoms with Crippen LogP contribution in [0.25, 0.3) is 137 Å². The Morgan fingerprint density at radius 2 is 0.410 bits per heavy atom. The van der Waals surface area contributed by atoms with Gasteiger partial charge in [0.25, 0.3) is 0 Å². The van der Waals surface area contributed by atoms with E-state index in [1.54, 1.807) is 221 Å². The number of carbonyl (C=O) groups excluding carboxylic acids is 2. The topological polar surface area (TPSA) is 922 Å². The second-order valence-electron chi connectivity index (χ2n) is 22.3. The van der Waals surface area contributed by atoms with E-state index in [-0.39, 0.29) is 226 Å². The molecule has 134 heavy (non-hydrogen) atoms. The van der Waals surface area contributed by atoms with E-state index in [0.29, 0.717) is 137 Å². The number of carboxylic acids is 2. The molecular weight excluding hydrogens is 2090 g/mol. The van der Waals surface area contributed by atoms with Gasteiger partial charge in [-0.05, 0) is 76.4 Å². The van der Waals surface area contributed by atoms with Crippen molar-refractivity contribution in [2.24, 2.45) is 0 Å². The molecule has 6 aromatic carbocycles. The van der Waals surface area contributed by atoms with Crippen LogP contribution in [0.3, 0.4) is 0 Å². The van der Waals surface area contributed by atoms with Gasteiger partial charge < -0.3 is 171 Å². The summed E-state index contributed by atoms with van der Waals surface area (Å²) in [5.74, 6) is 1.07. The molecule has 0 bridgehead atoms. The zero-order valence-electron chi connectivity index (χ0n) is 67.7. The largest absolute Gasteiger partial charge is 3.00 e. The fourth-order valence-corrected chi connectivity index (χ4v) is 9.17. The summed E-state index contributed by atoms with van der Waals surface area (Å²) in [7, 11) is 0. The number of hydrogen-bond donors (Lipinski definition) is 0. The van der Waals surface area contributed by atoms with Gasteiger partial charge >= 0.3 is 137 Å². The molecule has 0 amide bonds. The van der Waals surface area contributed by atoms with Crippen LogP contribution in [-0.2, 0) is 179 Å². The zero-order valence-corrected chi connectivity index (χ0v) is 77.1.